The lowest BCUT2D eigenvalue weighted by Crippen LogP contribution is -2.43. The van der Waals surface area contributed by atoms with E-state index >= 15 is 0 Å². The van der Waals surface area contributed by atoms with Crippen molar-refractivity contribution in [1.82, 2.24) is 10.6 Å². The maximum absolute atomic E-state index is 13.0. The summed E-state index contributed by atoms with van der Waals surface area (Å²) < 4.78 is 6.15. The fourth-order valence-electron chi connectivity index (χ4n) is 5.82. The molecule has 0 bridgehead atoms. The third-order valence-electron chi connectivity index (χ3n) is 8.71. The zero-order valence-electron chi connectivity index (χ0n) is 25.8. The molecule has 0 aliphatic heterocycles. The van der Waals surface area contributed by atoms with Crippen LogP contribution in [0.5, 0.6) is 0 Å². The monoisotopic (exact) mass is 592 g/mol. The summed E-state index contributed by atoms with van der Waals surface area (Å²) >= 11 is 0. The topological polar surface area (TPSA) is 195 Å². The van der Waals surface area contributed by atoms with Gasteiger partial charge in [0.25, 0.3) is 0 Å². The number of carbonyl (C=O) groups excluding carboxylic acids is 2. The van der Waals surface area contributed by atoms with E-state index < -0.39 is 35.5 Å². The van der Waals surface area contributed by atoms with Crippen molar-refractivity contribution in [3.05, 3.63) is 23.8 Å². The van der Waals surface area contributed by atoms with Gasteiger partial charge in [-0.15, -0.1) is 0 Å². The largest absolute Gasteiger partial charge is 0.480 e. The molecule has 11 heteroatoms. The number of carboxylic acid groups (broad SMARTS) is 1. The van der Waals surface area contributed by atoms with Crippen molar-refractivity contribution in [2.24, 2.45) is 34.8 Å². The minimum atomic E-state index is -1.19. The molecule has 0 saturated heterocycles. The number of guanidine groups is 1. The predicted octanol–water partition coefficient (Wildman–Crippen LogP) is 2.85. The van der Waals surface area contributed by atoms with Crippen LogP contribution in [-0.4, -0.2) is 70.0 Å². The van der Waals surface area contributed by atoms with E-state index in [-0.39, 0.29) is 61.0 Å². The van der Waals surface area contributed by atoms with Crippen LogP contribution in [0.4, 0.5) is 0 Å². The summed E-state index contributed by atoms with van der Waals surface area (Å²) in [7, 11) is 0. The Morgan fingerprint density at radius 3 is 2.50 bits per heavy atom. The summed E-state index contributed by atoms with van der Waals surface area (Å²) in [5.74, 6) is -1.55. The molecule has 2 aliphatic rings. The summed E-state index contributed by atoms with van der Waals surface area (Å²) in [5.41, 5.74) is 5.81. The number of fused-ring (bicyclic) bond motifs is 1. The molecule has 8 N–H and O–H groups in total. The van der Waals surface area contributed by atoms with Gasteiger partial charge in [0.05, 0.1) is 24.0 Å². The number of hydrogen-bond acceptors (Lipinski definition) is 7. The quantitative estimate of drug-likeness (QED) is 0.0610. The molecule has 1 amide bonds. The Labute approximate surface area is 249 Å². The number of allylic oxidation sites excluding steroid dienone is 3. The van der Waals surface area contributed by atoms with Crippen LogP contribution in [0.3, 0.4) is 0 Å². The number of aliphatic hydroxyl groups is 2. The first-order valence-electron chi connectivity index (χ1n) is 15.2. The van der Waals surface area contributed by atoms with Crippen molar-refractivity contribution in [1.29, 1.82) is 5.41 Å². The van der Waals surface area contributed by atoms with Crippen molar-refractivity contribution >= 4 is 23.8 Å². The Bertz CT molecular complexity index is 1010. The normalized spacial score (nSPS) is 25.8. The van der Waals surface area contributed by atoms with Crippen LogP contribution in [0.15, 0.2) is 23.8 Å². The molecule has 0 aromatic rings. The van der Waals surface area contributed by atoms with Gasteiger partial charge < -0.3 is 36.4 Å². The van der Waals surface area contributed by atoms with Gasteiger partial charge in [-0.2, -0.15) is 0 Å². The van der Waals surface area contributed by atoms with Gasteiger partial charge in [0.2, 0.25) is 5.91 Å². The van der Waals surface area contributed by atoms with E-state index in [4.69, 9.17) is 15.9 Å². The highest BCUT2D eigenvalue weighted by Crippen LogP contribution is 2.45. The molecule has 0 spiro atoms. The third-order valence-corrected chi connectivity index (χ3v) is 8.71. The molecule has 11 nitrogen and oxygen atoms in total. The second-order valence-corrected chi connectivity index (χ2v) is 12.7. The van der Waals surface area contributed by atoms with Crippen LogP contribution < -0.4 is 16.4 Å². The van der Waals surface area contributed by atoms with Crippen molar-refractivity contribution in [2.75, 3.05) is 6.54 Å². The number of ether oxygens (including phenoxy) is 1. The zero-order chi connectivity index (χ0) is 31.6. The molecule has 0 heterocycles. The Balaban J connectivity index is 1.94. The van der Waals surface area contributed by atoms with E-state index in [1.165, 1.54) is 5.57 Å². The fourth-order valence-corrected chi connectivity index (χ4v) is 5.82. The SMILES string of the molecule is CCC(C)(C)C(=O)O[C@H]1C[C@@H](C)C=C2C=C[C@H](C)[C@H](CC[C@@H](O)C[C@@H](O)CC(=O)N[C@@H](CCCNC(=N)N)C(=O)O)C21. The van der Waals surface area contributed by atoms with Crippen LogP contribution in [0.25, 0.3) is 0 Å². The molecule has 0 fully saturated rings. The Kier molecular flexibility index (Phi) is 13.5. The Morgan fingerprint density at radius 1 is 1.19 bits per heavy atom. The third kappa shape index (κ3) is 10.7. The molecule has 0 saturated carbocycles. The standard InChI is InChI=1S/C31H52N4O7/c1-6-31(4,5)29(41)42-25-15-18(2)14-20-10-9-19(3)23(27(20)25)12-11-21(36)16-22(37)17-26(38)35-24(28(39)40)8-7-13-34-30(32)33/h9-10,14,18-19,21-25,27,36-37H,6-8,11-13,15-17H2,1-5H3,(H,35,38)(H,39,40)(H4,32,33,34)/t18-,19-,21+,22+,23-,24-,25-,27?/m0/s1. The van der Waals surface area contributed by atoms with Crippen molar-refractivity contribution < 1.29 is 34.4 Å². The van der Waals surface area contributed by atoms with Gasteiger partial charge in [-0.05, 0) is 82.1 Å². The van der Waals surface area contributed by atoms with Crippen molar-refractivity contribution in [2.45, 2.75) is 110 Å². The summed E-state index contributed by atoms with van der Waals surface area (Å²) in [6.45, 7) is 10.3. The molecule has 8 atom stereocenters. The van der Waals surface area contributed by atoms with Gasteiger partial charge in [-0.25, -0.2) is 4.79 Å². The molecule has 0 radical (unpaired) electrons. The molecule has 42 heavy (non-hydrogen) atoms. The molecule has 2 aliphatic carbocycles. The number of nitrogens with one attached hydrogen (secondary N) is 3. The number of hydrogen-bond donors (Lipinski definition) is 7. The molecular weight excluding hydrogens is 540 g/mol. The average Bonchev–Trinajstić information content (AvgIpc) is 2.89. The maximum atomic E-state index is 13.0. The average molecular weight is 593 g/mol. The van der Waals surface area contributed by atoms with E-state index in [9.17, 15) is 29.7 Å². The number of carboxylic acids is 1. The van der Waals surface area contributed by atoms with Crippen LogP contribution in [0.2, 0.25) is 0 Å². The highest BCUT2D eigenvalue weighted by atomic mass is 16.5. The zero-order valence-corrected chi connectivity index (χ0v) is 25.8. The maximum Gasteiger partial charge on any atom is 0.326 e. The molecule has 2 rings (SSSR count). The fraction of sp³-hybridized carbons (Fsp3) is 0.742. The second kappa shape index (κ2) is 16.1. The number of rotatable bonds is 16. The number of aliphatic carboxylic acids is 1. The van der Waals surface area contributed by atoms with Crippen LogP contribution >= 0.6 is 0 Å². The first kappa shape index (κ1) is 35.3. The summed E-state index contributed by atoms with van der Waals surface area (Å²) in [5, 5.41) is 42.8. The van der Waals surface area contributed by atoms with E-state index in [0.717, 1.165) is 6.42 Å². The number of aliphatic hydroxyl groups excluding tert-OH is 2. The van der Waals surface area contributed by atoms with Gasteiger partial charge >= 0.3 is 11.9 Å². The molecular formula is C31H52N4O7. The highest BCUT2D eigenvalue weighted by molar-refractivity contribution is 5.83. The Hall–Kier alpha value is -2.92. The lowest BCUT2D eigenvalue weighted by molar-refractivity contribution is -0.164. The van der Waals surface area contributed by atoms with Gasteiger partial charge in [-0.3, -0.25) is 15.0 Å². The molecule has 1 unspecified atom stereocenters. The van der Waals surface area contributed by atoms with Crippen LogP contribution in [0.1, 0.15) is 86.0 Å². The number of amides is 1. The first-order chi connectivity index (χ1) is 19.6. The van der Waals surface area contributed by atoms with Gasteiger partial charge in [0.15, 0.2) is 5.96 Å². The van der Waals surface area contributed by atoms with E-state index in [0.29, 0.717) is 32.2 Å². The van der Waals surface area contributed by atoms with Gasteiger partial charge in [0.1, 0.15) is 12.1 Å². The minimum absolute atomic E-state index is 0.0157. The first-order valence-corrected chi connectivity index (χ1v) is 15.2. The molecule has 0 aromatic heterocycles. The molecule has 238 valence electrons. The van der Waals surface area contributed by atoms with Crippen LogP contribution in [-0.2, 0) is 19.1 Å². The molecule has 0 aromatic carbocycles. The minimum Gasteiger partial charge on any atom is -0.480 e. The lowest BCUT2D eigenvalue weighted by atomic mass is 9.65. The predicted molar refractivity (Wildman–Crippen MR) is 160 cm³/mol. The Morgan fingerprint density at radius 2 is 1.88 bits per heavy atom. The van der Waals surface area contributed by atoms with E-state index in [2.05, 4.69) is 42.7 Å². The lowest BCUT2D eigenvalue weighted by Gasteiger charge is -2.44. The summed E-state index contributed by atoms with van der Waals surface area (Å²) in [4.78, 5) is 36.9. The summed E-state index contributed by atoms with van der Waals surface area (Å²) in [6, 6.07) is -1.13. The van der Waals surface area contributed by atoms with Gasteiger partial charge in [-0.1, -0.05) is 39.0 Å². The van der Waals surface area contributed by atoms with Crippen LogP contribution in [0, 0.1) is 34.5 Å². The number of esters is 1. The summed E-state index contributed by atoms with van der Waals surface area (Å²) in [6.07, 6.45) is 6.98. The van der Waals surface area contributed by atoms with E-state index in [1.54, 1.807) is 0 Å². The van der Waals surface area contributed by atoms with E-state index in [1.807, 2.05) is 20.8 Å². The highest BCUT2D eigenvalue weighted by Gasteiger charge is 2.43. The number of nitrogens with two attached hydrogens (primary N) is 1. The smallest absolute Gasteiger partial charge is 0.326 e. The second-order valence-electron chi connectivity index (χ2n) is 12.7. The van der Waals surface area contributed by atoms with Crippen molar-refractivity contribution in [3.8, 4) is 0 Å². The van der Waals surface area contributed by atoms with Gasteiger partial charge in [0, 0.05) is 12.5 Å². The number of carbonyl (C=O) groups is 3. The van der Waals surface area contributed by atoms with Crippen molar-refractivity contribution in [3.63, 3.8) is 0 Å².